The summed E-state index contributed by atoms with van der Waals surface area (Å²) < 4.78 is 0. The number of carbonyl (C=O) groups excluding carboxylic acids is 2. The van der Waals surface area contributed by atoms with E-state index in [2.05, 4.69) is 16.0 Å². The normalized spacial score (nSPS) is 18.6. The second-order valence-electron chi connectivity index (χ2n) is 6.04. The van der Waals surface area contributed by atoms with Gasteiger partial charge in [-0.15, -0.1) is 12.4 Å². The zero-order valence-corrected chi connectivity index (χ0v) is 13.4. The molecule has 1 saturated heterocycles. The summed E-state index contributed by atoms with van der Waals surface area (Å²) >= 11 is 0. The lowest BCUT2D eigenvalue weighted by atomic mass is 9.88. The SMILES string of the molecule is CC(C(=O)Nc1cccc(NC(=O)C2CC2)c1)C1CNC1.Cl. The molecule has 22 heavy (non-hydrogen) atoms. The molecular formula is C16H22ClN3O2. The number of benzene rings is 1. The van der Waals surface area contributed by atoms with Gasteiger partial charge in [-0.05, 0) is 50.0 Å². The number of halogens is 1. The van der Waals surface area contributed by atoms with Gasteiger partial charge in [0.15, 0.2) is 0 Å². The first kappa shape index (κ1) is 16.8. The van der Waals surface area contributed by atoms with Gasteiger partial charge in [0, 0.05) is 23.2 Å². The lowest BCUT2D eigenvalue weighted by molar-refractivity contribution is -0.121. The molecule has 1 saturated carbocycles. The Bertz CT molecular complexity index is 556. The summed E-state index contributed by atoms with van der Waals surface area (Å²) in [6.45, 7) is 3.78. The van der Waals surface area contributed by atoms with E-state index in [1.54, 1.807) is 0 Å². The third-order valence-corrected chi connectivity index (χ3v) is 4.28. The topological polar surface area (TPSA) is 70.2 Å². The van der Waals surface area contributed by atoms with Crippen molar-refractivity contribution in [2.24, 2.45) is 17.8 Å². The second-order valence-corrected chi connectivity index (χ2v) is 6.04. The van der Waals surface area contributed by atoms with Crippen LogP contribution in [0, 0.1) is 17.8 Å². The Balaban J connectivity index is 0.00000176. The quantitative estimate of drug-likeness (QED) is 0.778. The average Bonchev–Trinajstić information content (AvgIpc) is 3.21. The van der Waals surface area contributed by atoms with Crippen LogP contribution in [0.2, 0.25) is 0 Å². The van der Waals surface area contributed by atoms with E-state index in [1.165, 1.54) is 0 Å². The van der Waals surface area contributed by atoms with Gasteiger partial charge in [0.2, 0.25) is 11.8 Å². The first-order valence-electron chi connectivity index (χ1n) is 7.56. The fourth-order valence-electron chi connectivity index (χ4n) is 2.40. The van der Waals surface area contributed by atoms with Crippen molar-refractivity contribution in [2.45, 2.75) is 19.8 Å². The highest BCUT2D eigenvalue weighted by atomic mass is 35.5. The molecule has 2 fully saturated rings. The van der Waals surface area contributed by atoms with Crippen LogP contribution in [0.15, 0.2) is 24.3 Å². The van der Waals surface area contributed by atoms with E-state index in [0.717, 1.165) is 37.3 Å². The molecule has 1 heterocycles. The zero-order chi connectivity index (χ0) is 14.8. The first-order valence-corrected chi connectivity index (χ1v) is 7.56. The summed E-state index contributed by atoms with van der Waals surface area (Å²) in [5, 5.41) is 9.00. The number of rotatable bonds is 5. The summed E-state index contributed by atoms with van der Waals surface area (Å²) in [6.07, 6.45) is 1.96. The molecule has 6 heteroatoms. The van der Waals surface area contributed by atoms with Gasteiger partial charge in [-0.3, -0.25) is 9.59 Å². The van der Waals surface area contributed by atoms with Gasteiger partial charge in [-0.1, -0.05) is 13.0 Å². The highest BCUT2D eigenvalue weighted by Gasteiger charge is 2.30. The molecule has 5 nitrogen and oxygen atoms in total. The van der Waals surface area contributed by atoms with Crippen LogP contribution in [0.3, 0.4) is 0 Å². The van der Waals surface area contributed by atoms with Crippen LogP contribution in [0.25, 0.3) is 0 Å². The van der Waals surface area contributed by atoms with E-state index in [0.29, 0.717) is 5.92 Å². The minimum atomic E-state index is -0.00374. The smallest absolute Gasteiger partial charge is 0.227 e. The minimum Gasteiger partial charge on any atom is -0.326 e. The Morgan fingerprint density at radius 3 is 2.36 bits per heavy atom. The molecule has 3 N–H and O–H groups in total. The van der Waals surface area contributed by atoms with Crippen molar-refractivity contribution < 1.29 is 9.59 Å². The molecule has 0 bridgehead atoms. The number of hydrogen-bond donors (Lipinski definition) is 3. The maximum atomic E-state index is 12.2. The molecule has 3 rings (SSSR count). The number of anilines is 2. The van der Waals surface area contributed by atoms with Crippen molar-refractivity contribution in [3.8, 4) is 0 Å². The predicted octanol–water partition coefficient (Wildman–Crippen LogP) is 2.25. The Labute approximate surface area is 136 Å². The van der Waals surface area contributed by atoms with E-state index in [1.807, 2.05) is 31.2 Å². The molecule has 2 aliphatic rings. The van der Waals surface area contributed by atoms with Crippen molar-refractivity contribution in [2.75, 3.05) is 23.7 Å². The Hall–Kier alpha value is -1.59. The number of hydrogen-bond acceptors (Lipinski definition) is 3. The average molecular weight is 324 g/mol. The van der Waals surface area contributed by atoms with Crippen LogP contribution in [-0.4, -0.2) is 24.9 Å². The molecular weight excluding hydrogens is 302 g/mol. The summed E-state index contributed by atoms with van der Waals surface area (Å²) in [5.74, 6) is 0.702. The number of amides is 2. The molecule has 0 aromatic heterocycles. The third-order valence-electron chi connectivity index (χ3n) is 4.28. The van der Waals surface area contributed by atoms with Crippen molar-refractivity contribution >= 4 is 35.6 Å². The molecule has 0 radical (unpaired) electrons. The Kier molecular flexibility index (Phi) is 5.42. The molecule has 2 amide bonds. The first-order chi connectivity index (χ1) is 10.1. The van der Waals surface area contributed by atoms with Crippen molar-refractivity contribution in [1.82, 2.24) is 5.32 Å². The van der Waals surface area contributed by atoms with Crippen LogP contribution >= 0.6 is 12.4 Å². The molecule has 120 valence electrons. The van der Waals surface area contributed by atoms with Crippen LogP contribution < -0.4 is 16.0 Å². The summed E-state index contributed by atoms with van der Waals surface area (Å²) in [7, 11) is 0. The highest BCUT2D eigenvalue weighted by Crippen LogP contribution is 2.30. The zero-order valence-electron chi connectivity index (χ0n) is 12.6. The minimum absolute atomic E-state index is 0. The van der Waals surface area contributed by atoms with Crippen molar-refractivity contribution in [3.05, 3.63) is 24.3 Å². The molecule has 1 unspecified atom stereocenters. The van der Waals surface area contributed by atoms with Crippen molar-refractivity contribution in [3.63, 3.8) is 0 Å². The van der Waals surface area contributed by atoms with Crippen LogP contribution in [0.5, 0.6) is 0 Å². The van der Waals surface area contributed by atoms with Gasteiger partial charge in [0.05, 0.1) is 0 Å². The molecule has 1 aromatic carbocycles. The van der Waals surface area contributed by atoms with Crippen molar-refractivity contribution in [1.29, 1.82) is 0 Å². The van der Waals surface area contributed by atoms with Gasteiger partial charge in [-0.25, -0.2) is 0 Å². The van der Waals surface area contributed by atoms with E-state index in [-0.39, 0.29) is 36.1 Å². The van der Waals surface area contributed by atoms with Gasteiger partial charge >= 0.3 is 0 Å². The lowest BCUT2D eigenvalue weighted by Gasteiger charge is -2.31. The van der Waals surface area contributed by atoms with E-state index in [9.17, 15) is 9.59 Å². The van der Waals surface area contributed by atoms with Gasteiger partial charge in [-0.2, -0.15) is 0 Å². The summed E-state index contributed by atoms with van der Waals surface area (Å²) in [5.41, 5.74) is 1.47. The third kappa shape index (κ3) is 3.99. The largest absolute Gasteiger partial charge is 0.326 e. The summed E-state index contributed by atoms with van der Waals surface area (Å²) in [4.78, 5) is 23.9. The number of nitrogens with one attached hydrogen (secondary N) is 3. The standard InChI is InChI=1S/C16H21N3O2.ClH/c1-10(12-8-17-9-12)15(20)18-13-3-2-4-14(7-13)19-16(21)11-5-6-11;/h2-4,7,10-12,17H,5-6,8-9H2,1H3,(H,18,20)(H,19,21);1H. The van der Waals surface area contributed by atoms with Crippen LogP contribution in [-0.2, 0) is 9.59 Å². The maximum absolute atomic E-state index is 12.2. The van der Waals surface area contributed by atoms with E-state index in [4.69, 9.17) is 0 Å². The molecule has 1 aromatic rings. The van der Waals surface area contributed by atoms with Gasteiger partial charge in [0.1, 0.15) is 0 Å². The van der Waals surface area contributed by atoms with E-state index < -0.39 is 0 Å². The Morgan fingerprint density at radius 1 is 1.18 bits per heavy atom. The molecule has 1 aliphatic heterocycles. The predicted molar refractivity (Wildman–Crippen MR) is 89.2 cm³/mol. The van der Waals surface area contributed by atoms with Gasteiger partial charge < -0.3 is 16.0 Å². The van der Waals surface area contributed by atoms with E-state index >= 15 is 0 Å². The highest BCUT2D eigenvalue weighted by molar-refractivity contribution is 5.96. The van der Waals surface area contributed by atoms with Crippen LogP contribution in [0.4, 0.5) is 11.4 Å². The van der Waals surface area contributed by atoms with Crippen LogP contribution in [0.1, 0.15) is 19.8 Å². The number of carbonyl (C=O) groups is 2. The van der Waals surface area contributed by atoms with Gasteiger partial charge in [0.25, 0.3) is 0 Å². The molecule has 0 spiro atoms. The fraction of sp³-hybridized carbons (Fsp3) is 0.500. The summed E-state index contributed by atoms with van der Waals surface area (Å²) in [6, 6.07) is 7.34. The lowest BCUT2D eigenvalue weighted by Crippen LogP contribution is -2.48. The Morgan fingerprint density at radius 2 is 1.82 bits per heavy atom. The maximum Gasteiger partial charge on any atom is 0.227 e. The molecule has 1 atom stereocenters. The monoisotopic (exact) mass is 323 g/mol. The second kappa shape index (κ2) is 7.11. The fourth-order valence-corrected chi connectivity index (χ4v) is 2.40. The molecule has 1 aliphatic carbocycles.